The second-order valence-corrected chi connectivity index (χ2v) is 5.60. The molecular weight excluding hydrogens is 256 g/mol. The minimum atomic E-state index is 0.521. The van der Waals surface area contributed by atoms with Crippen LogP contribution in [0.25, 0.3) is 22.2 Å². The number of hydrogen-bond acceptors (Lipinski definition) is 2. The quantitative estimate of drug-likeness (QED) is 0.722. The lowest BCUT2D eigenvalue weighted by Gasteiger charge is -2.12. The Labute approximate surface area is 125 Å². The maximum absolute atomic E-state index is 4.81. The van der Waals surface area contributed by atoms with Gasteiger partial charge < -0.3 is 5.32 Å². The molecular formula is C19H20N2. The molecule has 2 aromatic carbocycles. The Balaban J connectivity index is 2.21. The van der Waals surface area contributed by atoms with E-state index in [1.807, 2.05) is 25.2 Å². The molecule has 0 radical (unpaired) electrons. The molecule has 1 N–H and O–H groups in total. The van der Waals surface area contributed by atoms with Crippen molar-refractivity contribution < 1.29 is 0 Å². The number of pyridine rings is 1. The molecule has 0 spiro atoms. The van der Waals surface area contributed by atoms with Gasteiger partial charge in [-0.3, -0.25) is 0 Å². The maximum atomic E-state index is 4.81. The van der Waals surface area contributed by atoms with Crippen LogP contribution in [0.1, 0.15) is 25.3 Å². The summed E-state index contributed by atoms with van der Waals surface area (Å²) in [6.45, 7) is 4.43. The standard InChI is InChI=1S/C19H20N2/c1-13(2)15-9-10-17-16(11-15)19(20-3)12-18(21-17)14-7-5-4-6-8-14/h4-13H,1-3H3,(H,20,21). The summed E-state index contributed by atoms with van der Waals surface area (Å²) in [5.74, 6) is 0.521. The monoisotopic (exact) mass is 276 g/mol. The predicted octanol–water partition coefficient (Wildman–Crippen LogP) is 5.07. The number of rotatable bonds is 3. The number of anilines is 1. The van der Waals surface area contributed by atoms with Crippen molar-refractivity contribution in [1.29, 1.82) is 0 Å². The molecule has 3 rings (SSSR count). The van der Waals surface area contributed by atoms with E-state index in [0.717, 1.165) is 22.5 Å². The van der Waals surface area contributed by atoms with E-state index in [2.05, 4.69) is 55.6 Å². The Bertz CT molecular complexity index is 761. The Morgan fingerprint density at radius 1 is 0.952 bits per heavy atom. The van der Waals surface area contributed by atoms with Crippen LogP contribution < -0.4 is 5.32 Å². The summed E-state index contributed by atoms with van der Waals surface area (Å²) in [5, 5.41) is 4.49. The zero-order chi connectivity index (χ0) is 14.8. The average molecular weight is 276 g/mol. The topological polar surface area (TPSA) is 24.9 Å². The minimum absolute atomic E-state index is 0.521. The van der Waals surface area contributed by atoms with Crippen LogP contribution in [-0.2, 0) is 0 Å². The Morgan fingerprint density at radius 2 is 1.71 bits per heavy atom. The van der Waals surface area contributed by atoms with Crippen LogP contribution in [0.2, 0.25) is 0 Å². The predicted molar refractivity (Wildman–Crippen MR) is 90.8 cm³/mol. The van der Waals surface area contributed by atoms with Crippen LogP contribution in [0.15, 0.2) is 54.6 Å². The fourth-order valence-corrected chi connectivity index (χ4v) is 2.57. The molecule has 1 heterocycles. The summed E-state index contributed by atoms with van der Waals surface area (Å²) in [4.78, 5) is 4.81. The summed E-state index contributed by atoms with van der Waals surface area (Å²) >= 11 is 0. The molecule has 21 heavy (non-hydrogen) atoms. The van der Waals surface area contributed by atoms with Crippen molar-refractivity contribution in [2.45, 2.75) is 19.8 Å². The van der Waals surface area contributed by atoms with Crippen LogP contribution in [0.5, 0.6) is 0 Å². The van der Waals surface area contributed by atoms with E-state index < -0.39 is 0 Å². The fourth-order valence-electron chi connectivity index (χ4n) is 2.57. The van der Waals surface area contributed by atoms with Gasteiger partial charge in [0.2, 0.25) is 0 Å². The number of hydrogen-bond donors (Lipinski definition) is 1. The summed E-state index contributed by atoms with van der Waals surface area (Å²) in [7, 11) is 1.96. The van der Waals surface area contributed by atoms with E-state index in [1.165, 1.54) is 10.9 Å². The first kappa shape index (κ1) is 13.6. The molecule has 0 bridgehead atoms. The SMILES string of the molecule is CNc1cc(-c2ccccc2)nc2ccc(C(C)C)cc12. The number of benzene rings is 2. The van der Waals surface area contributed by atoms with E-state index in [0.29, 0.717) is 5.92 Å². The van der Waals surface area contributed by atoms with Gasteiger partial charge >= 0.3 is 0 Å². The van der Waals surface area contributed by atoms with E-state index in [1.54, 1.807) is 0 Å². The summed E-state index contributed by atoms with van der Waals surface area (Å²) < 4.78 is 0. The highest BCUT2D eigenvalue weighted by molar-refractivity contribution is 5.94. The van der Waals surface area contributed by atoms with Gasteiger partial charge in [0, 0.05) is 23.7 Å². The number of nitrogens with zero attached hydrogens (tertiary/aromatic N) is 1. The third-order valence-electron chi connectivity index (χ3n) is 3.84. The van der Waals surface area contributed by atoms with Crippen molar-refractivity contribution in [3.8, 4) is 11.3 Å². The van der Waals surface area contributed by atoms with Crippen LogP contribution in [0, 0.1) is 0 Å². The Hall–Kier alpha value is -2.35. The van der Waals surface area contributed by atoms with Crippen molar-refractivity contribution in [1.82, 2.24) is 4.98 Å². The highest BCUT2D eigenvalue weighted by Crippen LogP contribution is 2.30. The molecule has 2 nitrogen and oxygen atoms in total. The zero-order valence-corrected chi connectivity index (χ0v) is 12.7. The van der Waals surface area contributed by atoms with Crippen LogP contribution in [-0.4, -0.2) is 12.0 Å². The lowest BCUT2D eigenvalue weighted by Crippen LogP contribution is -1.96. The van der Waals surface area contributed by atoms with Gasteiger partial charge in [0.05, 0.1) is 11.2 Å². The van der Waals surface area contributed by atoms with Crippen molar-refractivity contribution in [2.24, 2.45) is 0 Å². The number of aromatic nitrogens is 1. The van der Waals surface area contributed by atoms with E-state index in [9.17, 15) is 0 Å². The van der Waals surface area contributed by atoms with Gasteiger partial charge in [-0.2, -0.15) is 0 Å². The smallest absolute Gasteiger partial charge is 0.0730 e. The molecule has 0 aliphatic carbocycles. The second-order valence-electron chi connectivity index (χ2n) is 5.60. The number of nitrogens with one attached hydrogen (secondary N) is 1. The first-order valence-electron chi connectivity index (χ1n) is 7.37. The van der Waals surface area contributed by atoms with Gasteiger partial charge in [-0.25, -0.2) is 4.98 Å². The zero-order valence-electron chi connectivity index (χ0n) is 12.7. The van der Waals surface area contributed by atoms with Gasteiger partial charge in [0.25, 0.3) is 0 Å². The number of fused-ring (bicyclic) bond motifs is 1. The molecule has 0 atom stereocenters. The highest BCUT2D eigenvalue weighted by atomic mass is 14.8. The Kier molecular flexibility index (Phi) is 3.61. The molecule has 0 aliphatic heterocycles. The normalized spacial score (nSPS) is 11.0. The van der Waals surface area contributed by atoms with Crippen LogP contribution in [0.4, 0.5) is 5.69 Å². The summed E-state index contributed by atoms with van der Waals surface area (Å²) in [6, 6.07) is 19.0. The third-order valence-corrected chi connectivity index (χ3v) is 3.84. The van der Waals surface area contributed by atoms with E-state index in [-0.39, 0.29) is 0 Å². The van der Waals surface area contributed by atoms with Gasteiger partial charge in [-0.05, 0) is 29.7 Å². The molecule has 0 fully saturated rings. The van der Waals surface area contributed by atoms with E-state index in [4.69, 9.17) is 4.98 Å². The van der Waals surface area contributed by atoms with Crippen molar-refractivity contribution in [3.63, 3.8) is 0 Å². The highest BCUT2D eigenvalue weighted by Gasteiger charge is 2.08. The van der Waals surface area contributed by atoms with Gasteiger partial charge in [-0.15, -0.1) is 0 Å². The lowest BCUT2D eigenvalue weighted by molar-refractivity contribution is 0.868. The molecule has 0 saturated heterocycles. The third kappa shape index (κ3) is 2.62. The van der Waals surface area contributed by atoms with E-state index >= 15 is 0 Å². The van der Waals surface area contributed by atoms with Crippen molar-refractivity contribution >= 4 is 16.6 Å². The fraction of sp³-hybridized carbons (Fsp3) is 0.211. The molecule has 3 aromatic rings. The first-order valence-corrected chi connectivity index (χ1v) is 7.37. The van der Waals surface area contributed by atoms with Crippen molar-refractivity contribution in [3.05, 3.63) is 60.2 Å². The molecule has 0 unspecified atom stereocenters. The van der Waals surface area contributed by atoms with Crippen LogP contribution in [0.3, 0.4) is 0 Å². The largest absolute Gasteiger partial charge is 0.388 e. The minimum Gasteiger partial charge on any atom is -0.388 e. The first-order chi connectivity index (χ1) is 10.2. The molecule has 2 heteroatoms. The average Bonchev–Trinajstić information content (AvgIpc) is 2.54. The molecule has 106 valence electrons. The van der Waals surface area contributed by atoms with Gasteiger partial charge in [0.15, 0.2) is 0 Å². The molecule has 1 aromatic heterocycles. The lowest BCUT2D eigenvalue weighted by atomic mass is 9.99. The van der Waals surface area contributed by atoms with Gasteiger partial charge in [0.1, 0.15) is 0 Å². The molecule has 0 amide bonds. The van der Waals surface area contributed by atoms with Crippen molar-refractivity contribution in [2.75, 3.05) is 12.4 Å². The van der Waals surface area contributed by atoms with Crippen LogP contribution >= 0.6 is 0 Å². The van der Waals surface area contributed by atoms with Gasteiger partial charge in [-0.1, -0.05) is 50.2 Å². The molecule has 0 saturated carbocycles. The summed E-state index contributed by atoms with van der Waals surface area (Å²) in [6.07, 6.45) is 0. The maximum Gasteiger partial charge on any atom is 0.0730 e. The Morgan fingerprint density at radius 3 is 2.38 bits per heavy atom. The summed E-state index contributed by atoms with van der Waals surface area (Å²) in [5.41, 5.74) is 5.65. The second kappa shape index (κ2) is 5.57. The molecule has 0 aliphatic rings.